The number of halogens is 2. The van der Waals surface area contributed by atoms with Crippen LogP contribution >= 0.6 is 0 Å². The van der Waals surface area contributed by atoms with Gasteiger partial charge in [0.05, 0.1) is 11.2 Å². The standard InChI is InChI=1S/C22H15F2N7/c23-12-13-5-1-2-6-15(13)20-26-22(19(29-31-20)18-7-3-4-10-25-18)27-21-16-11-14(24)8-9-17(16)28-30-21/h1-11H,12H2,(H2,26,27,28,30,31). The van der Waals surface area contributed by atoms with Crippen molar-refractivity contribution in [1.82, 2.24) is 30.4 Å². The van der Waals surface area contributed by atoms with Gasteiger partial charge in [0.1, 0.15) is 12.5 Å². The summed E-state index contributed by atoms with van der Waals surface area (Å²) in [4.78, 5) is 8.91. The van der Waals surface area contributed by atoms with E-state index in [1.165, 1.54) is 12.1 Å². The fraction of sp³-hybridized carbons (Fsp3) is 0.0455. The quantitative estimate of drug-likeness (QED) is 0.427. The van der Waals surface area contributed by atoms with Crippen LogP contribution in [-0.2, 0) is 6.67 Å². The second-order valence-electron chi connectivity index (χ2n) is 6.73. The Morgan fingerprint density at radius 3 is 2.65 bits per heavy atom. The summed E-state index contributed by atoms with van der Waals surface area (Å²) in [5.74, 6) is 0.550. The largest absolute Gasteiger partial charge is 0.321 e. The van der Waals surface area contributed by atoms with Crippen LogP contribution in [0.5, 0.6) is 0 Å². The zero-order valence-electron chi connectivity index (χ0n) is 16.0. The van der Waals surface area contributed by atoms with Gasteiger partial charge in [0, 0.05) is 17.1 Å². The minimum absolute atomic E-state index is 0.251. The zero-order valence-corrected chi connectivity index (χ0v) is 16.0. The average molecular weight is 415 g/mol. The van der Waals surface area contributed by atoms with Crippen LogP contribution in [0, 0.1) is 5.82 Å². The Balaban J connectivity index is 1.66. The monoisotopic (exact) mass is 415 g/mol. The van der Waals surface area contributed by atoms with Crippen molar-refractivity contribution in [2.45, 2.75) is 6.67 Å². The lowest BCUT2D eigenvalue weighted by molar-refractivity contribution is 0.486. The SMILES string of the molecule is FCc1ccccc1-c1nnc(-c2ccccn2)c(Nc2n[nH]c3ccc(F)cc23)n1. The molecule has 7 nitrogen and oxygen atoms in total. The van der Waals surface area contributed by atoms with Gasteiger partial charge in [0.25, 0.3) is 0 Å². The molecular weight excluding hydrogens is 400 g/mol. The lowest BCUT2D eigenvalue weighted by Crippen LogP contribution is -2.05. The van der Waals surface area contributed by atoms with Crippen molar-refractivity contribution in [2.24, 2.45) is 0 Å². The van der Waals surface area contributed by atoms with E-state index >= 15 is 0 Å². The molecule has 0 spiro atoms. The Morgan fingerprint density at radius 1 is 0.935 bits per heavy atom. The Bertz CT molecular complexity index is 1370. The van der Waals surface area contributed by atoms with Crippen LogP contribution < -0.4 is 5.32 Å². The molecule has 0 atom stereocenters. The molecule has 3 aromatic heterocycles. The first-order valence-electron chi connectivity index (χ1n) is 9.44. The van der Waals surface area contributed by atoms with Gasteiger partial charge in [-0.25, -0.2) is 13.8 Å². The molecule has 0 saturated heterocycles. The third-order valence-corrected chi connectivity index (χ3v) is 4.76. The summed E-state index contributed by atoms with van der Waals surface area (Å²) in [5.41, 5.74) is 2.57. The van der Waals surface area contributed by atoms with Crippen molar-refractivity contribution >= 4 is 22.5 Å². The van der Waals surface area contributed by atoms with Gasteiger partial charge in [0.2, 0.25) is 0 Å². The molecule has 2 aromatic carbocycles. The van der Waals surface area contributed by atoms with E-state index in [0.29, 0.717) is 45.1 Å². The molecule has 0 fully saturated rings. The first kappa shape index (κ1) is 18.7. The zero-order chi connectivity index (χ0) is 21.2. The number of pyridine rings is 1. The number of nitrogens with one attached hydrogen (secondary N) is 2. The number of hydrogen-bond acceptors (Lipinski definition) is 6. The summed E-state index contributed by atoms with van der Waals surface area (Å²) in [6.45, 7) is -0.659. The van der Waals surface area contributed by atoms with Crippen molar-refractivity contribution in [3.8, 4) is 22.8 Å². The van der Waals surface area contributed by atoms with Gasteiger partial charge in [0.15, 0.2) is 23.2 Å². The highest BCUT2D eigenvalue weighted by atomic mass is 19.1. The third kappa shape index (κ3) is 3.57. The molecular formula is C22H15F2N7. The maximum atomic E-state index is 13.8. The second-order valence-corrected chi connectivity index (χ2v) is 6.73. The first-order chi connectivity index (χ1) is 15.2. The summed E-state index contributed by atoms with van der Waals surface area (Å²) in [6.07, 6.45) is 1.63. The van der Waals surface area contributed by atoms with Crippen molar-refractivity contribution in [2.75, 3.05) is 5.32 Å². The van der Waals surface area contributed by atoms with Crippen LogP contribution in [0.25, 0.3) is 33.7 Å². The Labute approximate surface area is 175 Å². The molecule has 2 N–H and O–H groups in total. The normalized spacial score (nSPS) is 11.0. The molecule has 0 aliphatic carbocycles. The van der Waals surface area contributed by atoms with E-state index in [-0.39, 0.29) is 11.6 Å². The number of H-pyrrole nitrogens is 1. The molecule has 152 valence electrons. The summed E-state index contributed by atoms with van der Waals surface area (Å²) in [7, 11) is 0. The maximum Gasteiger partial charge on any atom is 0.184 e. The molecule has 0 amide bonds. The van der Waals surface area contributed by atoms with Gasteiger partial charge < -0.3 is 5.32 Å². The highest BCUT2D eigenvalue weighted by Gasteiger charge is 2.17. The number of aromatic nitrogens is 6. The Morgan fingerprint density at radius 2 is 1.81 bits per heavy atom. The van der Waals surface area contributed by atoms with Crippen molar-refractivity contribution in [1.29, 1.82) is 0 Å². The minimum atomic E-state index is -0.659. The number of benzene rings is 2. The van der Waals surface area contributed by atoms with E-state index in [1.54, 1.807) is 48.7 Å². The predicted octanol–water partition coefficient (Wildman–Crippen LogP) is 4.83. The van der Waals surface area contributed by atoms with Gasteiger partial charge in [-0.05, 0) is 35.9 Å². The fourth-order valence-electron chi connectivity index (χ4n) is 3.25. The molecule has 5 aromatic rings. The Kier molecular flexibility index (Phi) is 4.75. The molecule has 0 bridgehead atoms. The fourth-order valence-corrected chi connectivity index (χ4v) is 3.25. The summed E-state index contributed by atoms with van der Waals surface area (Å²) in [5, 5.41) is 19.3. The van der Waals surface area contributed by atoms with Crippen molar-refractivity contribution < 1.29 is 8.78 Å². The molecule has 3 heterocycles. The van der Waals surface area contributed by atoms with E-state index < -0.39 is 6.67 Å². The number of nitrogens with zero attached hydrogens (tertiary/aromatic N) is 5. The van der Waals surface area contributed by atoms with Gasteiger partial charge in [-0.3, -0.25) is 10.1 Å². The average Bonchev–Trinajstić information content (AvgIpc) is 3.21. The van der Waals surface area contributed by atoms with E-state index in [1.807, 2.05) is 6.07 Å². The molecule has 9 heteroatoms. The molecule has 0 aliphatic rings. The van der Waals surface area contributed by atoms with Gasteiger partial charge in [-0.2, -0.15) is 5.10 Å². The van der Waals surface area contributed by atoms with Crippen LogP contribution in [0.1, 0.15) is 5.56 Å². The highest BCUT2D eigenvalue weighted by Crippen LogP contribution is 2.30. The maximum absolute atomic E-state index is 13.8. The topological polar surface area (TPSA) is 92.3 Å². The van der Waals surface area contributed by atoms with Gasteiger partial charge in [-0.1, -0.05) is 30.3 Å². The van der Waals surface area contributed by atoms with Gasteiger partial charge in [-0.15, -0.1) is 10.2 Å². The first-order valence-corrected chi connectivity index (χ1v) is 9.44. The lowest BCUT2D eigenvalue weighted by Gasteiger charge is -2.11. The lowest BCUT2D eigenvalue weighted by atomic mass is 10.1. The van der Waals surface area contributed by atoms with Crippen LogP contribution in [0.15, 0.2) is 66.9 Å². The van der Waals surface area contributed by atoms with Crippen molar-refractivity contribution in [3.63, 3.8) is 0 Å². The number of hydrogen-bond donors (Lipinski definition) is 2. The third-order valence-electron chi connectivity index (χ3n) is 4.76. The molecule has 0 radical (unpaired) electrons. The molecule has 5 rings (SSSR count). The number of aromatic amines is 1. The number of alkyl halides is 1. The summed E-state index contributed by atoms with van der Waals surface area (Å²) < 4.78 is 27.3. The second kappa shape index (κ2) is 7.86. The highest BCUT2D eigenvalue weighted by molar-refractivity contribution is 5.92. The Hall–Kier alpha value is -4.27. The van der Waals surface area contributed by atoms with E-state index in [0.717, 1.165) is 0 Å². The summed E-state index contributed by atoms with van der Waals surface area (Å²) >= 11 is 0. The number of fused-ring (bicyclic) bond motifs is 1. The number of anilines is 2. The van der Waals surface area contributed by atoms with Crippen LogP contribution in [0.4, 0.5) is 20.4 Å². The van der Waals surface area contributed by atoms with Gasteiger partial charge >= 0.3 is 0 Å². The molecule has 0 saturated carbocycles. The van der Waals surface area contributed by atoms with E-state index in [9.17, 15) is 8.78 Å². The smallest absolute Gasteiger partial charge is 0.184 e. The van der Waals surface area contributed by atoms with Crippen LogP contribution in [0.3, 0.4) is 0 Å². The van der Waals surface area contributed by atoms with E-state index in [4.69, 9.17) is 0 Å². The number of rotatable bonds is 5. The van der Waals surface area contributed by atoms with Crippen LogP contribution in [-0.4, -0.2) is 30.4 Å². The van der Waals surface area contributed by atoms with Crippen LogP contribution in [0.2, 0.25) is 0 Å². The molecule has 0 aliphatic heterocycles. The molecule has 0 unspecified atom stereocenters. The van der Waals surface area contributed by atoms with Crippen molar-refractivity contribution in [3.05, 3.63) is 78.2 Å². The predicted molar refractivity (Wildman–Crippen MR) is 113 cm³/mol. The minimum Gasteiger partial charge on any atom is -0.321 e. The van der Waals surface area contributed by atoms with E-state index in [2.05, 4.69) is 35.7 Å². The molecule has 31 heavy (non-hydrogen) atoms. The summed E-state index contributed by atoms with van der Waals surface area (Å²) in [6, 6.07) is 16.6.